The van der Waals surface area contributed by atoms with Gasteiger partial charge in [0.25, 0.3) is 0 Å². The van der Waals surface area contributed by atoms with E-state index in [1.54, 1.807) is 0 Å². The minimum atomic E-state index is 0.275. The van der Waals surface area contributed by atoms with Crippen molar-refractivity contribution in [2.24, 2.45) is 0 Å². The highest BCUT2D eigenvalue weighted by atomic mass is 16.5. The van der Waals surface area contributed by atoms with Crippen LogP contribution in [0.1, 0.15) is 58.7 Å². The summed E-state index contributed by atoms with van der Waals surface area (Å²) in [5.41, 5.74) is 0. The third-order valence-corrected chi connectivity index (χ3v) is 2.91. The first-order chi connectivity index (χ1) is 10.2. The third-order valence-electron chi connectivity index (χ3n) is 2.91. The van der Waals surface area contributed by atoms with Crippen LogP contribution in [0.5, 0.6) is 5.88 Å². The van der Waals surface area contributed by atoms with Crippen LogP contribution in [0.4, 0.5) is 5.82 Å². The predicted molar refractivity (Wildman–Crippen MR) is 86.1 cm³/mol. The third kappa shape index (κ3) is 7.27. The van der Waals surface area contributed by atoms with E-state index in [4.69, 9.17) is 9.47 Å². The van der Waals surface area contributed by atoms with Gasteiger partial charge in [0.2, 0.25) is 5.88 Å². The van der Waals surface area contributed by atoms with Crippen molar-refractivity contribution in [3.63, 3.8) is 0 Å². The lowest BCUT2D eigenvalue weighted by Crippen LogP contribution is -2.11. The van der Waals surface area contributed by atoms with Gasteiger partial charge >= 0.3 is 0 Å². The fourth-order valence-electron chi connectivity index (χ4n) is 1.67. The second-order valence-corrected chi connectivity index (χ2v) is 5.35. The molecule has 0 aliphatic heterocycles. The van der Waals surface area contributed by atoms with Crippen LogP contribution >= 0.6 is 0 Å². The zero-order chi connectivity index (χ0) is 15.5. The average Bonchev–Trinajstić information content (AvgIpc) is 2.48. The number of anilines is 1. The molecule has 1 rings (SSSR count). The molecule has 0 fully saturated rings. The number of unbranched alkanes of at least 4 members (excludes halogenated alkanes) is 1. The van der Waals surface area contributed by atoms with Gasteiger partial charge in [0.1, 0.15) is 18.2 Å². The molecular formula is C16H29N3O2. The van der Waals surface area contributed by atoms with Crippen LogP contribution in [0.2, 0.25) is 0 Å². The van der Waals surface area contributed by atoms with Crippen molar-refractivity contribution in [3.05, 3.63) is 11.9 Å². The summed E-state index contributed by atoms with van der Waals surface area (Å²) in [5.74, 6) is 2.53. The molecule has 0 atom stereocenters. The van der Waals surface area contributed by atoms with Gasteiger partial charge in [-0.25, -0.2) is 4.98 Å². The smallest absolute Gasteiger partial charge is 0.218 e. The molecule has 1 N–H and O–H groups in total. The van der Waals surface area contributed by atoms with Crippen molar-refractivity contribution in [2.45, 2.75) is 52.9 Å². The summed E-state index contributed by atoms with van der Waals surface area (Å²) in [4.78, 5) is 8.95. The summed E-state index contributed by atoms with van der Waals surface area (Å²) in [5, 5.41) is 3.29. The number of nitrogens with zero attached hydrogens (tertiary/aromatic N) is 2. The van der Waals surface area contributed by atoms with Crippen molar-refractivity contribution < 1.29 is 9.47 Å². The van der Waals surface area contributed by atoms with Crippen LogP contribution in [-0.2, 0) is 4.74 Å². The Morgan fingerprint density at radius 3 is 2.57 bits per heavy atom. The zero-order valence-corrected chi connectivity index (χ0v) is 13.8. The molecular weight excluding hydrogens is 266 g/mol. The van der Waals surface area contributed by atoms with Gasteiger partial charge in [-0.3, -0.25) is 0 Å². The van der Waals surface area contributed by atoms with E-state index in [0.29, 0.717) is 19.1 Å². The maximum Gasteiger partial charge on any atom is 0.218 e. The average molecular weight is 295 g/mol. The molecule has 0 bridgehead atoms. The van der Waals surface area contributed by atoms with Crippen LogP contribution in [0, 0.1) is 0 Å². The SMILES string of the molecule is CCCCOCCOc1cc(NCCC)nc(C(C)C)n1. The Balaban J connectivity index is 2.52. The van der Waals surface area contributed by atoms with E-state index in [2.05, 4.69) is 43.0 Å². The molecule has 0 aliphatic carbocycles. The van der Waals surface area contributed by atoms with E-state index in [-0.39, 0.29) is 5.92 Å². The number of nitrogens with one attached hydrogen (secondary N) is 1. The van der Waals surface area contributed by atoms with Crippen LogP contribution in [0.25, 0.3) is 0 Å². The first kappa shape index (κ1) is 17.7. The molecule has 5 nitrogen and oxygen atoms in total. The van der Waals surface area contributed by atoms with Gasteiger partial charge in [0, 0.05) is 25.1 Å². The van der Waals surface area contributed by atoms with Gasteiger partial charge in [-0.15, -0.1) is 0 Å². The van der Waals surface area contributed by atoms with E-state index < -0.39 is 0 Å². The normalized spacial score (nSPS) is 10.9. The monoisotopic (exact) mass is 295 g/mol. The van der Waals surface area contributed by atoms with E-state index in [1.165, 1.54) is 0 Å². The minimum absolute atomic E-state index is 0.275. The second kappa shape index (κ2) is 10.4. The molecule has 0 amide bonds. The molecule has 0 aliphatic rings. The number of ether oxygens (including phenoxy) is 2. The van der Waals surface area contributed by atoms with Gasteiger partial charge in [0.05, 0.1) is 6.61 Å². The zero-order valence-electron chi connectivity index (χ0n) is 13.8. The Morgan fingerprint density at radius 1 is 1.10 bits per heavy atom. The summed E-state index contributed by atoms with van der Waals surface area (Å²) in [7, 11) is 0. The molecule has 0 radical (unpaired) electrons. The summed E-state index contributed by atoms with van der Waals surface area (Å²) in [6.07, 6.45) is 3.30. The standard InChI is InChI=1S/C16H29N3O2/c1-5-7-9-20-10-11-21-15-12-14(17-8-6-2)18-16(19-15)13(3)4/h12-13H,5-11H2,1-4H3,(H,17,18,19). The molecule has 5 heteroatoms. The summed E-state index contributed by atoms with van der Waals surface area (Å²) >= 11 is 0. The number of rotatable bonds is 11. The van der Waals surface area contributed by atoms with E-state index >= 15 is 0 Å². The Morgan fingerprint density at radius 2 is 1.90 bits per heavy atom. The largest absolute Gasteiger partial charge is 0.475 e. The molecule has 0 spiro atoms. The Hall–Kier alpha value is -1.36. The lowest BCUT2D eigenvalue weighted by atomic mass is 10.2. The number of hydrogen-bond acceptors (Lipinski definition) is 5. The molecule has 21 heavy (non-hydrogen) atoms. The van der Waals surface area contributed by atoms with Crippen molar-refractivity contribution >= 4 is 5.82 Å². The molecule has 0 unspecified atom stereocenters. The van der Waals surface area contributed by atoms with Crippen molar-refractivity contribution in [1.82, 2.24) is 9.97 Å². The maximum absolute atomic E-state index is 5.68. The minimum Gasteiger partial charge on any atom is -0.475 e. The topological polar surface area (TPSA) is 56.3 Å². The summed E-state index contributed by atoms with van der Waals surface area (Å²) < 4.78 is 11.2. The fraction of sp³-hybridized carbons (Fsp3) is 0.750. The Kier molecular flexibility index (Phi) is 8.74. The molecule has 1 aromatic rings. The molecule has 0 saturated heterocycles. The molecule has 1 heterocycles. The number of aromatic nitrogens is 2. The van der Waals surface area contributed by atoms with Gasteiger partial charge in [-0.2, -0.15) is 4.98 Å². The summed E-state index contributed by atoms with van der Waals surface area (Å²) in [6, 6.07) is 1.85. The highest BCUT2D eigenvalue weighted by molar-refractivity contribution is 5.38. The second-order valence-electron chi connectivity index (χ2n) is 5.35. The molecule has 0 aromatic carbocycles. The Bertz CT molecular complexity index is 397. The Labute approximate surface area is 128 Å². The van der Waals surface area contributed by atoms with Crippen molar-refractivity contribution in [2.75, 3.05) is 31.7 Å². The van der Waals surface area contributed by atoms with Crippen LogP contribution in [-0.4, -0.2) is 36.3 Å². The van der Waals surface area contributed by atoms with Crippen molar-refractivity contribution in [1.29, 1.82) is 0 Å². The first-order valence-corrected chi connectivity index (χ1v) is 8.00. The molecule has 0 saturated carbocycles. The maximum atomic E-state index is 5.68. The predicted octanol–water partition coefficient (Wildman–Crippen LogP) is 3.62. The van der Waals surface area contributed by atoms with Crippen LogP contribution in [0.3, 0.4) is 0 Å². The van der Waals surface area contributed by atoms with Gasteiger partial charge in [-0.05, 0) is 12.8 Å². The van der Waals surface area contributed by atoms with Crippen molar-refractivity contribution in [3.8, 4) is 5.88 Å². The highest BCUT2D eigenvalue weighted by Gasteiger charge is 2.08. The molecule has 120 valence electrons. The van der Waals surface area contributed by atoms with E-state index in [9.17, 15) is 0 Å². The first-order valence-electron chi connectivity index (χ1n) is 8.00. The highest BCUT2D eigenvalue weighted by Crippen LogP contribution is 2.18. The van der Waals surface area contributed by atoms with Gasteiger partial charge in [-0.1, -0.05) is 34.1 Å². The van der Waals surface area contributed by atoms with E-state index in [1.807, 2.05) is 6.07 Å². The summed E-state index contributed by atoms with van der Waals surface area (Å²) in [6.45, 7) is 11.2. The number of hydrogen-bond donors (Lipinski definition) is 1. The quantitative estimate of drug-likeness (QED) is 0.632. The molecule has 1 aromatic heterocycles. The lowest BCUT2D eigenvalue weighted by molar-refractivity contribution is 0.0964. The van der Waals surface area contributed by atoms with Crippen LogP contribution < -0.4 is 10.1 Å². The fourth-order valence-corrected chi connectivity index (χ4v) is 1.67. The lowest BCUT2D eigenvalue weighted by Gasteiger charge is -2.12. The van der Waals surface area contributed by atoms with Gasteiger partial charge in [0.15, 0.2) is 0 Å². The van der Waals surface area contributed by atoms with Gasteiger partial charge < -0.3 is 14.8 Å². The van der Waals surface area contributed by atoms with E-state index in [0.717, 1.165) is 44.1 Å². The van der Waals surface area contributed by atoms with Crippen LogP contribution in [0.15, 0.2) is 6.07 Å².